The van der Waals surface area contributed by atoms with E-state index < -0.39 is 0 Å². The molecule has 3 rings (SSSR count). The summed E-state index contributed by atoms with van der Waals surface area (Å²) in [6, 6.07) is 0.0366. The maximum absolute atomic E-state index is 12.2. The smallest absolute Gasteiger partial charge is 0.319 e. The molecule has 1 aliphatic carbocycles. The van der Waals surface area contributed by atoms with Crippen molar-refractivity contribution in [1.82, 2.24) is 24.8 Å². The van der Waals surface area contributed by atoms with E-state index in [2.05, 4.69) is 10.3 Å². The van der Waals surface area contributed by atoms with E-state index in [0.29, 0.717) is 13.2 Å². The maximum Gasteiger partial charge on any atom is 0.319 e. The summed E-state index contributed by atoms with van der Waals surface area (Å²) in [7, 11) is 3.56. The van der Waals surface area contributed by atoms with Crippen LogP contribution in [0.25, 0.3) is 0 Å². The molecule has 1 aromatic heterocycles. The molecule has 0 saturated heterocycles. The second-order valence-electron chi connectivity index (χ2n) is 6.12. The van der Waals surface area contributed by atoms with Gasteiger partial charge in [-0.05, 0) is 25.2 Å². The number of carbonyl (C=O) groups is 1. The highest BCUT2D eigenvalue weighted by Gasteiger charge is 2.25. The molecule has 21 heavy (non-hydrogen) atoms. The first-order valence-electron chi connectivity index (χ1n) is 7.60. The van der Waals surface area contributed by atoms with Crippen LogP contribution in [0.5, 0.6) is 0 Å². The van der Waals surface area contributed by atoms with E-state index in [0.717, 1.165) is 43.4 Å². The fourth-order valence-electron chi connectivity index (χ4n) is 2.56. The lowest BCUT2D eigenvalue weighted by atomic mass is 10.3. The molecule has 1 saturated carbocycles. The fraction of sp³-hybridized carbons (Fsp3) is 0.786. The van der Waals surface area contributed by atoms with Crippen LogP contribution in [-0.4, -0.2) is 58.1 Å². The lowest BCUT2D eigenvalue weighted by molar-refractivity contribution is 0.107. The summed E-state index contributed by atoms with van der Waals surface area (Å²) in [5, 5.41) is 8.44. The van der Waals surface area contributed by atoms with Crippen molar-refractivity contribution in [3.05, 3.63) is 11.4 Å². The Kier molecular flexibility index (Phi) is 4.10. The number of ether oxygens (including phenoxy) is 1. The summed E-state index contributed by atoms with van der Waals surface area (Å²) < 4.78 is 7.64. The summed E-state index contributed by atoms with van der Waals surface area (Å²) in [6.07, 6.45) is 3.47. The minimum atomic E-state index is 0.0366. The van der Waals surface area contributed by atoms with Crippen LogP contribution < -0.4 is 0 Å². The van der Waals surface area contributed by atoms with Gasteiger partial charge in [0.15, 0.2) is 0 Å². The van der Waals surface area contributed by atoms with Gasteiger partial charge in [0.2, 0.25) is 0 Å². The highest BCUT2D eigenvalue weighted by molar-refractivity contribution is 5.73. The van der Waals surface area contributed by atoms with Gasteiger partial charge in [-0.1, -0.05) is 5.21 Å². The van der Waals surface area contributed by atoms with Crippen molar-refractivity contribution in [2.45, 2.75) is 39.0 Å². The van der Waals surface area contributed by atoms with E-state index in [9.17, 15) is 4.79 Å². The number of carbonyl (C=O) groups excluding carboxylic acids is 1. The summed E-state index contributed by atoms with van der Waals surface area (Å²) in [4.78, 5) is 15.6. The highest BCUT2D eigenvalue weighted by atomic mass is 16.5. The van der Waals surface area contributed by atoms with E-state index in [1.807, 2.05) is 9.58 Å². The van der Waals surface area contributed by atoms with Crippen LogP contribution in [0.3, 0.4) is 0 Å². The van der Waals surface area contributed by atoms with Crippen molar-refractivity contribution in [3.8, 4) is 0 Å². The first-order valence-corrected chi connectivity index (χ1v) is 7.60. The number of aryl methyl sites for hydroxylation is 1. The second-order valence-corrected chi connectivity index (χ2v) is 6.12. The van der Waals surface area contributed by atoms with Gasteiger partial charge in [-0.3, -0.25) is 0 Å². The average molecular weight is 293 g/mol. The van der Waals surface area contributed by atoms with Crippen LogP contribution in [0.4, 0.5) is 4.79 Å². The Morgan fingerprint density at radius 2 is 2.19 bits per heavy atom. The minimum absolute atomic E-state index is 0.0366. The van der Waals surface area contributed by atoms with Gasteiger partial charge in [0.25, 0.3) is 0 Å². The van der Waals surface area contributed by atoms with Crippen molar-refractivity contribution in [2.75, 3.05) is 27.2 Å². The minimum Gasteiger partial charge on any atom is -0.375 e. The molecule has 0 atom stereocenters. The lowest BCUT2D eigenvalue weighted by Crippen LogP contribution is -2.39. The zero-order valence-corrected chi connectivity index (χ0v) is 12.8. The summed E-state index contributed by atoms with van der Waals surface area (Å²) in [6.45, 7) is 3.43. The Bertz CT molecular complexity index is 509. The second kappa shape index (κ2) is 6.01. The van der Waals surface area contributed by atoms with E-state index >= 15 is 0 Å². The molecule has 0 N–H and O–H groups in total. The largest absolute Gasteiger partial charge is 0.375 e. The monoisotopic (exact) mass is 293 g/mol. The molecule has 7 heteroatoms. The van der Waals surface area contributed by atoms with Gasteiger partial charge < -0.3 is 14.5 Å². The molecular formula is C14H23N5O2. The van der Waals surface area contributed by atoms with E-state index in [4.69, 9.17) is 4.74 Å². The van der Waals surface area contributed by atoms with Gasteiger partial charge in [0, 0.05) is 33.8 Å². The quantitative estimate of drug-likeness (QED) is 0.833. The number of hydrogen-bond acceptors (Lipinski definition) is 4. The number of nitrogens with zero attached hydrogens (tertiary/aromatic N) is 5. The van der Waals surface area contributed by atoms with Crippen molar-refractivity contribution >= 4 is 6.03 Å². The third kappa shape index (κ3) is 3.34. The maximum atomic E-state index is 12.2. The van der Waals surface area contributed by atoms with Gasteiger partial charge in [-0.2, -0.15) is 0 Å². The summed E-state index contributed by atoms with van der Waals surface area (Å²) >= 11 is 0. The number of fused-ring (bicyclic) bond motifs is 1. The number of hydrogen-bond donors (Lipinski definition) is 0. The number of amides is 2. The standard InChI is InChI=1S/C14H23N5O2/c1-17(2)14(20)18-6-3-7-19-13(8-18)12(15-16-19)10-21-9-11-4-5-11/h11H,3-10H2,1-2H3. The van der Waals surface area contributed by atoms with Crippen LogP contribution >= 0.6 is 0 Å². The average Bonchev–Trinajstić information content (AvgIpc) is 3.24. The number of rotatable bonds is 4. The van der Waals surface area contributed by atoms with Crippen LogP contribution in [0, 0.1) is 5.92 Å². The molecule has 0 spiro atoms. The topological polar surface area (TPSA) is 63.5 Å². The van der Waals surface area contributed by atoms with Crippen molar-refractivity contribution < 1.29 is 9.53 Å². The molecule has 1 fully saturated rings. The molecule has 1 aromatic rings. The van der Waals surface area contributed by atoms with Gasteiger partial charge >= 0.3 is 6.03 Å². The van der Waals surface area contributed by atoms with Gasteiger partial charge in [0.05, 0.1) is 18.8 Å². The first-order chi connectivity index (χ1) is 10.1. The van der Waals surface area contributed by atoms with Gasteiger partial charge in [0.1, 0.15) is 5.69 Å². The van der Waals surface area contributed by atoms with E-state index in [-0.39, 0.29) is 6.03 Å². The number of urea groups is 1. The van der Waals surface area contributed by atoms with Crippen LogP contribution in [0.15, 0.2) is 0 Å². The Balaban J connectivity index is 1.68. The van der Waals surface area contributed by atoms with Gasteiger partial charge in [-0.25, -0.2) is 9.48 Å². The molecule has 0 bridgehead atoms. The highest BCUT2D eigenvalue weighted by Crippen LogP contribution is 2.29. The Morgan fingerprint density at radius 3 is 2.90 bits per heavy atom. The van der Waals surface area contributed by atoms with E-state index in [1.165, 1.54) is 12.8 Å². The molecule has 2 amide bonds. The van der Waals surface area contributed by atoms with Crippen LogP contribution in [0.1, 0.15) is 30.7 Å². The Morgan fingerprint density at radius 1 is 1.38 bits per heavy atom. The SMILES string of the molecule is CN(C)C(=O)N1CCCn2nnc(COCC3CC3)c2C1. The molecule has 0 radical (unpaired) electrons. The van der Waals surface area contributed by atoms with Crippen molar-refractivity contribution in [2.24, 2.45) is 5.92 Å². The van der Waals surface area contributed by atoms with Crippen molar-refractivity contribution in [1.29, 1.82) is 0 Å². The fourth-order valence-corrected chi connectivity index (χ4v) is 2.56. The molecule has 2 aliphatic rings. The first kappa shape index (κ1) is 14.3. The van der Waals surface area contributed by atoms with Crippen LogP contribution in [-0.2, 0) is 24.4 Å². The Hall–Kier alpha value is -1.63. The summed E-state index contributed by atoms with van der Waals surface area (Å²) in [5.41, 5.74) is 1.88. The molecule has 116 valence electrons. The zero-order valence-electron chi connectivity index (χ0n) is 12.8. The summed E-state index contributed by atoms with van der Waals surface area (Å²) in [5.74, 6) is 0.742. The van der Waals surface area contributed by atoms with Gasteiger partial charge in [-0.15, -0.1) is 5.10 Å². The normalized spacial score (nSPS) is 18.3. The molecular weight excluding hydrogens is 270 g/mol. The zero-order chi connectivity index (χ0) is 14.8. The lowest BCUT2D eigenvalue weighted by Gasteiger charge is -2.24. The Labute approximate surface area is 124 Å². The molecule has 7 nitrogen and oxygen atoms in total. The van der Waals surface area contributed by atoms with Crippen molar-refractivity contribution in [3.63, 3.8) is 0 Å². The third-order valence-corrected chi connectivity index (χ3v) is 4.00. The predicted molar refractivity (Wildman–Crippen MR) is 76.5 cm³/mol. The third-order valence-electron chi connectivity index (χ3n) is 4.00. The molecule has 1 aliphatic heterocycles. The molecule has 0 aromatic carbocycles. The molecule has 2 heterocycles. The predicted octanol–water partition coefficient (Wildman–Crippen LogP) is 1.09. The number of aromatic nitrogens is 3. The van der Waals surface area contributed by atoms with Crippen LogP contribution in [0.2, 0.25) is 0 Å². The van der Waals surface area contributed by atoms with E-state index in [1.54, 1.807) is 19.0 Å². The molecule has 0 unspecified atom stereocenters.